The number of alkyl carbamates (subject to hydrolysis) is 1. The third-order valence-electron chi connectivity index (χ3n) is 3.38. The van der Waals surface area contributed by atoms with E-state index in [-0.39, 0.29) is 0 Å². The highest BCUT2D eigenvalue weighted by Gasteiger charge is 2.15. The molecule has 0 saturated heterocycles. The van der Waals surface area contributed by atoms with Crippen molar-refractivity contribution in [3.8, 4) is 17.2 Å². The van der Waals surface area contributed by atoms with Gasteiger partial charge < -0.3 is 10.1 Å². The molecule has 0 aliphatic carbocycles. The topological polar surface area (TPSA) is 62.1 Å². The molecule has 0 radical (unpaired) electrons. The van der Waals surface area contributed by atoms with Crippen LogP contribution in [0.5, 0.6) is 0 Å². The second kappa shape index (κ2) is 7.65. The lowest BCUT2D eigenvalue weighted by Gasteiger charge is -2.19. The molecule has 0 spiro atoms. The number of hydrogen-bond acceptors (Lipinski definition) is 3. The molecular formula is C20H22N2O2. The number of ether oxygens (including phenoxy) is 1. The van der Waals surface area contributed by atoms with E-state index in [1.807, 2.05) is 69.3 Å². The number of nitrogens with zero attached hydrogens (tertiary/aromatic N) is 1. The van der Waals surface area contributed by atoms with Crippen LogP contribution in [0.25, 0.3) is 11.1 Å². The summed E-state index contributed by atoms with van der Waals surface area (Å²) in [5.41, 5.74) is 3.50. The van der Waals surface area contributed by atoms with Crippen LogP contribution in [-0.4, -0.2) is 18.2 Å². The summed E-state index contributed by atoms with van der Waals surface area (Å²) < 4.78 is 5.20. The molecule has 0 unspecified atom stereocenters. The predicted molar refractivity (Wildman–Crippen MR) is 94.5 cm³/mol. The van der Waals surface area contributed by atoms with Crippen molar-refractivity contribution in [2.24, 2.45) is 0 Å². The minimum atomic E-state index is -0.479. The Kier molecular flexibility index (Phi) is 5.59. The third-order valence-corrected chi connectivity index (χ3v) is 3.38. The van der Waals surface area contributed by atoms with E-state index >= 15 is 0 Å². The fraction of sp³-hybridized carbons (Fsp3) is 0.300. The summed E-state index contributed by atoms with van der Waals surface area (Å²) in [6.45, 7) is 6.06. The van der Waals surface area contributed by atoms with Gasteiger partial charge in [-0.15, -0.1) is 0 Å². The van der Waals surface area contributed by atoms with Gasteiger partial charge in [0, 0.05) is 6.54 Å². The van der Waals surface area contributed by atoms with Crippen molar-refractivity contribution in [3.05, 3.63) is 59.7 Å². The number of carbonyl (C=O) groups is 1. The van der Waals surface area contributed by atoms with Gasteiger partial charge >= 0.3 is 6.09 Å². The van der Waals surface area contributed by atoms with Gasteiger partial charge in [0.25, 0.3) is 0 Å². The molecule has 0 bridgehead atoms. The molecule has 0 heterocycles. The molecule has 1 amide bonds. The van der Waals surface area contributed by atoms with Crippen LogP contribution in [0, 0.1) is 11.3 Å². The van der Waals surface area contributed by atoms with Crippen LogP contribution in [0.1, 0.15) is 31.9 Å². The van der Waals surface area contributed by atoms with Crippen LogP contribution in [-0.2, 0) is 11.2 Å². The van der Waals surface area contributed by atoms with Crippen LogP contribution < -0.4 is 5.32 Å². The van der Waals surface area contributed by atoms with Crippen molar-refractivity contribution < 1.29 is 9.53 Å². The van der Waals surface area contributed by atoms with Gasteiger partial charge in [-0.2, -0.15) is 5.26 Å². The van der Waals surface area contributed by atoms with E-state index in [4.69, 9.17) is 10.00 Å². The van der Waals surface area contributed by atoms with Gasteiger partial charge in [0.1, 0.15) is 5.60 Å². The lowest BCUT2D eigenvalue weighted by molar-refractivity contribution is 0.0528. The molecule has 124 valence electrons. The predicted octanol–water partition coefficient (Wildman–Crippen LogP) is 4.29. The van der Waals surface area contributed by atoms with Gasteiger partial charge in [-0.25, -0.2) is 4.79 Å². The number of benzene rings is 2. The highest BCUT2D eigenvalue weighted by Crippen LogP contribution is 2.20. The smallest absolute Gasteiger partial charge is 0.407 e. The first-order valence-electron chi connectivity index (χ1n) is 7.94. The Hall–Kier alpha value is -2.80. The zero-order valence-corrected chi connectivity index (χ0v) is 14.3. The van der Waals surface area contributed by atoms with Crippen molar-refractivity contribution in [1.29, 1.82) is 5.26 Å². The molecule has 0 aromatic heterocycles. The normalized spacial score (nSPS) is 10.8. The average molecular weight is 322 g/mol. The molecule has 0 saturated carbocycles. The first kappa shape index (κ1) is 17.6. The van der Waals surface area contributed by atoms with Gasteiger partial charge in [0.05, 0.1) is 11.6 Å². The van der Waals surface area contributed by atoms with Crippen molar-refractivity contribution in [2.75, 3.05) is 6.54 Å². The fourth-order valence-electron chi connectivity index (χ4n) is 2.22. The van der Waals surface area contributed by atoms with E-state index < -0.39 is 11.7 Å². The number of rotatable bonds is 4. The summed E-state index contributed by atoms with van der Waals surface area (Å²) in [6, 6.07) is 17.8. The second-order valence-corrected chi connectivity index (χ2v) is 6.56. The maximum atomic E-state index is 11.6. The van der Waals surface area contributed by atoms with Crippen molar-refractivity contribution in [2.45, 2.75) is 32.8 Å². The number of carbonyl (C=O) groups excluding carboxylic acids is 1. The first-order chi connectivity index (χ1) is 11.4. The van der Waals surface area contributed by atoms with Crippen LogP contribution in [0.15, 0.2) is 48.5 Å². The highest BCUT2D eigenvalue weighted by atomic mass is 16.6. The fourth-order valence-corrected chi connectivity index (χ4v) is 2.22. The highest BCUT2D eigenvalue weighted by molar-refractivity contribution is 5.67. The van der Waals surface area contributed by atoms with Gasteiger partial charge in [-0.1, -0.05) is 36.4 Å². The molecule has 2 aromatic rings. The number of amides is 1. The van der Waals surface area contributed by atoms with E-state index in [1.54, 1.807) is 0 Å². The molecule has 0 atom stereocenters. The van der Waals surface area contributed by atoms with E-state index in [9.17, 15) is 4.79 Å². The Labute approximate surface area is 143 Å². The van der Waals surface area contributed by atoms with Crippen LogP contribution in [0.3, 0.4) is 0 Å². The minimum absolute atomic E-state index is 0.392. The van der Waals surface area contributed by atoms with Gasteiger partial charge in [-0.3, -0.25) is 0 Å². The molecule has 4 nitrogen and oxygen atoms in total. The Morgan fingerprint density at radius 2 is 1.58 bits per heavy atom. The van der Waals surface area contributed by atoms with Crippen molar-refractivity contribution in [1.82, 2.24) is 5.32 Å². The van der Waals surface area contributed by atoms with Crippen LogP contribution >= 0.6 is 0 Å². The number of nitriles is 1. The maximum Gasteiger partial charge on any atom is 0.407 e. The van der Waals surface area contributed by atoms with Gasteiger partial charge in [0.2, 0.25) is 0 Å². The lowest BCUT2D eigenvalue weighted by Crippen LogP contribution is -2.33. The SMILES string of the molecule is CC(C)(C)OC(=O)NCCc1ccc(-c2ccc(C#N)cc2)cc1. The first-order valence-corrected chi connectivity index (χ1v) is 7.94. The Bertz CT molecular complexity index is 720. The second-order valence-electron chi connectivity index (χ2n) is 6.56. The van der Waals surface area contributed by atoms with Crippen LogP contribution in [0.4, 0.5) is 4.79 Å². The van der Waals surface area contributed by atoms with E-state index in [0.717, 1.165) is 23.1 Å². The molecule has 4 heteroatoms. The summed E-state index contributed by atoms with van der Waals surface area (Å²) in [5, 5.41) is 11.6. The molecular weight excluding hydrogens is 300 g/mol. The monoisotopic (exact) mass is 322 g/mol. The third kappa shape index (κ3) is 5.44. The lowest BCUT2D eigenvalue weighted by atomic mass is 10.0. The molecule has 0 fully saturated rings. The summed E-state index contributed by atoms with van der Waals surface area (Å²) in [4.78, 5) is 11.6. The van der Waals surface area contributed by atoms with Crippen LogP contribution in [0.2, 0.25) is 0 Å². The summed E-state index contributed by atoms with van der Waals surface area (Å²) in [6.07, 6.45) is 0.351. The minimum Gasteiger partial charge on any atom is -0.444 e. The zero-order chi connectivity index (χ0) is 17.6. The standard InChI is InChI=1S/C20H22N2O2/c1-20(2,3)24-19(23)22-13-12-15-4-8-17(9-5-15)18-10-6-16(14-21)7-11-18/h4-11H,12-13H2,1-3H3,(H,22,23). The number of nitrogens with one attached hydrogen (secondary N) is 1. The Balaban J connectivity index is 1.88. The Morgan fingerprint density at radius 3 is 2.08 bits per heavy atom. The molecule has 1 N–H and O–H groups in total. The Morgan fingerprint density at radius 1 is 1.04 bits per heavy atom. The molecule has 24 heavy (non-hydrogen) atoms. The zero-order valence-electron chi connectivity index (χ0n) is 14.3. The van der Waals surface area contributed by atoms with Gasteiger partial charge in [0.15, 0.2) is 0 Å². The van der Waals surface area contributed by atoms with E-state index in [0.29, 0.717) is 12.1 Å². The average Bonchev–Trinajstić information content (AvgIpc) is 2.54. The molecule has 2 aromatic carbocycles. The van der Waals surface area contributed by atoms with Crippen molar-refractivity contribution in [3.63, 3.8) is 0 Å². The van der Waals surface area contributed by atoms with E-state index in [2.05, 4.69) is 11.4 Å². The summed E-state index contributed by atoms with van der Waals surface area (Å²) in [7, 11) is 0. The van der Waals surface area contributed by atoms with E-state index in [1.165, 1.54) is 0 Å². The maximum absolute atomic E-state index is 11.6. The molecule has 2 rings (SSSR count). The quantitative estimate of drug-likeness (QED) is 0.913. The molecule has 0 aliphatic heterocycles. The number of hydrogen-bond donors (Lipinski definition) is 1. The molecule has 0 aliphatic rings. The van der Waals surface area contributed by atoms with Gasteiger partial charge in [-0.05, 0) is 56.0 Å². The largest absolute Gasteiger partial charge is 0.444 e. The van der Waals surface area contributed by atoms with Crippen molar-refractivity contribution >= 4 is 6.09 Å². The summed E-state index contributed by atoms with van der Waals surface area (Å²) in [5.74, 6) is 0. The summed E-state index contributed by atoms with van der Waals surface area (Å²) >= 11 is 0.